The van der Waals surface area contributed by atoms with Crippen LogP contribution in [0, 0.1) is 5.92 Å². The van der Waals surface area contributed by atoms with Crippen molar-refractivity contribution in [3.8, 4) is 0 Å². The van der Waals surface area contributed by atoms with Crippen LogP contribution in [0.4, 0.5) is 12.9 Å². The van der Waals surface area contributed by atoms with Gasteiger partial charge in [0.1, 0.15) is 9.84 Å². The second-order valence-electron chi connectivity index (χ2n) is 4.07. The monoisotopic (exact) mass is 213 g/mol. The number of hydrogen-bond donors (Lipinski definition) is 0. The van der Waals surface area contributed by atoms with Gasteiger partial charge in [0.05, 0.1) is 5.75 Å². The van der Waals surface area contributed by atoms with E-state index in [9.17, 15) is 21.4 Å². The lowest BCUT2D eigenvalue weighted by Crippen LogP contribution is -2.34. The first-order valence-electron chi connectivity index (χ1n) is 4.17. The van der Waals surface area contributed by atoms with Gasteiger partial charge in [-0.15, -0.1) is 0 Å². The van der Waals surface area contributed by atoms with E-state index in [2.05, 4.69) is 0 Å². The summed E-state index contributed by atoms with van der Waals surface area (Å²) in [6.45, 7) is -4.85. The van der Waals surface area contributed by atoms with Gasteiger partial charge < -0.3 is 12.9 Å². The van der Waals surface area contributed by atoms with Gasteiger partial charge in [-0.05, 0) is 5.92 Å². The van der Waals surface area contributed by atoms with Crippen LogP contribution >= 0.6 is 0 Å². The van der Waals surface area contributed by atoms with E-state index < -0.39 is 28.0 Å². The molecule has 0 aromatic heterocycles. The molecule has 0 amide bonds. The highest BCUT2D eigenvalue weighted by Crippen LogP contribution is 2.71. The highest BCUT2D eigenvalue weighted by molar-refractivity contribution is 7.91. The molecule has 0 bridgehead atoms. The molecule has 1 saturated heterocycles. The van der Waals surface area contributed by atoms with E-state index in [1.807, 2.05) is 0 Å². The van der Waals surface area contributed by atoms with Crippen LogP contribution in [0.25, 0.3) is 0 Å². The first-order valence-corrected chi connectivity index (χ1v) is 5.99. The number of halogens is 3. The van der Waals surface area contributed by atoms with E-state index in [0.717, 1.165) is 0 Å². The Balaban J connectivity index is 2.21. The van der Waals surface area contributed by atoms with Crippen molar-refractivity contribution in [1.82, 2.24) is 0 Å². The summed E-state index contributed by atoms with van der Waals surface area (Å²) in [4.78, 5) is 0. The van der Waals surface area contributed by atoms with Crippen molar-refractivity contribution in [2.24, 2.45) is 5.92 Å². The number of rotatable bonds is 1. The third-order valence-electron chi connectivity index (χ3n) is 3.26. The van der Waals surface area contributed by atoms with Crippen molar-refractivity contribution in [3.05, 3.63) is 0 Å². The second kappa shape index (κ2) is 2.24. The van der Waals surface area contributed by atoms with Gasteiger partial charge >= 0.3 is 6.98 Å². The molecular weight excluding hydrogens is 204 g/mol. The lowest BCUT2D eigenvalue weighted by molar-refractivity contribution is 0.405. The molecule has 13 heavy (non-hydrogen) atoms. The molecule has 1 aliphatic carbocycles. The summed E-state index contributed by atoms with van der Waals surface area (Å²) in [7, 11) is -3.18. The number of sulfone groups is 1. The van der Waals surface area contributed by atoms with Crippen molar-refractivity contribution >= 4 is 16.8 Å². The molecule has 0 N–H and O–H groups in total. The Hall–Kier alpha value is -0.195. The fourth-order valence-corrected chi connectivity index (χ4v) is 4.15. The van der Waals surface area contributed by atoms with Crippen LogP contribution in [0.3, 0.4) is 0 Å². The topological polar surface area (TPSA) is 34.1 Å². The molecule has 0 aromatic carbocycles. The first-order chi connectivity index (χ1) is 5.77. The summed E-state index contributed by atoms with van der Waals surface area (Å²) in [6.07, 6.45) is -0.167. The molecule has 1 saturated carbocycles. The predicted octanol–water partition coefficient (Wildman–Crippen LogP) is 1.41. The lowest BCUT2D eigenvalue weighted by atomic mass is 9.65. The van der Waals surface area contributed by atoms with Gasteiger partial charge in [0.25, 0.3) is 0 Å². The van der Waals surface area contributed by atoms with Crippen LogP contribution in [0.2, 0.25) is 5.31 Å². The van der Waals surface area contributed by atoms with Crippen LogP contribution in [-0.4, -0.2) is 26.9 Å². The molecular formula is C6H9BF3O2S-. The Bertz CT molecular complexity index is 336. The molecule has 2 fully saturated rings. The third-order valence-corrected chi connectivity index (χ3v) is 5.00. The summed E-state index contributed by atoms with van der Waals surface area (Å²) in [5.41, 5.74) is 0. The Labute approximate surface area is 74.5 Å². The minimum Gasteiger partial charge on any atom is -0.449 e. The summed E-state index contributed by atoms with van der Waals surface area (Å²) in [5, 5.41) is -1.58. The molecule has 2 aliphatic rings. The summed E-state index contributed by atoms with van der Waals surface area (Å²) in [6, 6.07) is 0. The molecule has 0 radical (unpaired) electrons. The fraction of sp³-hybridized carbons (Fsp3) is 1.00. The molecule has 76 valence electrons. The second-order valence-corrected chi connectivity index (χ2v) is 6.30. The van der Waals surface area contributed by atoms with E-state index >= 15 is 0 Å². The third kappa shape index (κ3) is 1.28. The zero-order valence-electron chi connectivity index (χ0n) is 6.84. The molecule has 1 heterocycles. The Morgan fingerprint density at radius 3 is 2.38 bits per heavy atom. The fourth-order valence-electron chi connectivity index (χ4n) is 2.23. The molecule has 2 atom stereocenters. The number of fused-ring (bicyclic) bond motifs is 1. The summed E-state index contributed by atoms with van der Waals surface area (Å²) < 4.78 is 59.5. The summed E-state index contributed by atoms with van der Waals surface area (Å²) >= 11 is 0. The average Bonchev–Trinajstić information content (AvgIpc) is 2.58. The largest absolute Gasteiger partial charge is 0.484 e. The zero-order valence-corrected chi connectivity index (χ0v) is 7.66. The van der Waals surface area contributed by atoms with Gasteiger partial charge in [0, 0.05) is 5.75 Å². The molecule has 2 unspecified atom stereocenters. The highest BCUT2D eigenvalue weighted by Gasteiger charge is 2.67. The van der Waals surface area contributed by atoms with Crippen molar-refractivity contribution < 1.29 is 21.4 Å². The Morgan fingerprint density at radius 1 is 1.31 bits per heavy atom. The normalized spacial score (nSPS) is 42.5. The standard InChI is InChI=1S/C6H9BF3O2S/c8-7(9,10)6-1-2-13(11,12)4-5(6)3-6/h5H,1-4H2/q-1. The van der Waals surface area contributed by atoms with Crippen LogP contribution in [0.1, 0.15) is 12.8 Å². The van der Waals surface area contributed by atoms with Crippen molar-refractivity contribution in [2.45, 2.75) is 18.2 Å². The molecule has 1 aliphatic heterocycles. The smallest absolute Gasteiger partial charge is 0.449 e. The maximum Gasteiger partial charge on any atom is 0.484 e. The van der Waals surface area contributed by atoms with Gasteiger partial charge in [-0.3, -0.25) is 0 Å². The van der Waals surface area contributed by atoms with E-state index in [0.29, 0.717) is 0 Å². The van der Waals surface area contributed by atoms with Crippen LogP contribution in [0.5, 0.6) is 0 Å². The number of hydrogen-bond acceptors (Lipinski definition) is 2. The van der Waals surface area contributed by atoms with E-state index in [4.69, 9.17) is 0 Å². The predicted molar refractivity (Wildman–Crippen MR) is 43.1 cm³/mol. The first kappa shape index (κ1) is 9.36. The zero-order chi connectivity index (χ0) is 9.91. The SMILES string of the molecule is O=S1(=O)CCC2([B-](F)(F)F)CC2C1. The minimum atomic E-state index is -4.85. The molecule has 2 rings (SSSR count). The van der Waals surface area contributed by atoms with Gasteiger partial charge in [0.15, 0.2) is 0 Å². The minimum absolute atomic E-state index is 0.0374. The van der Waals surface area contributed by atoms with Gasteiger partial charge in [-0.25, -0.2) is 8.42 Å². The maximum absolute atomic E-state index is 12.5. The summed E-state index contributed by atoms with van der Waals surface area (Å²) in [5.74, 6) is -1.18. The Morgan fingerprint density at radius 2 is 1.92 bits per heavy atom. The Kier molecular flexibility index (Phi) is 1.61. The van der Waals surface area contributed by atoms with Crippen molar-refractivity contribution in [1.29, 1.82) is 0 Å². The molecule has 0 spiro atoms. The molecule has 7 heteroatoms. The average molecular weight is 213 g/mol. The van der Waals surface area contributed by atoms with E-state index in [1.165, 1.54) is 0 Å². The maximum atomic E-state index is 12.5. The molecule has 2 nitrogen and oxygen atoms in total. The van der Waals surface area contributed by atoms with Crippen LogP contribution < -0.4 is 0 Å². The van der Waals surface area contributed by atoms with E-state index in [1.54, 1.807) is 0 Å². The quantitative estimate of drug-likeness (QED) is 0.617. The van der Waals surface area contributed by atoms with Crippen molar-refractivity contribution in [2.75, 3.05) is 11.5 Å². The lowest BCUT2D eigenvalue weighted by Gasteiger charge is -2.30. The van der Waals surface area contributed by atoms with Gasteiger partial charge in [-0.2, -0.15) is 0 Å². The van der Waals surface area contributed by atoms with Gasteiger partial charge in [0.2, 0.25) is 0 Å². The van der Waals surface area contributed by atoms with Crippen LogP contribution in [-0.2, 0) is 9.84 Å². The molecule has 0 aromatic rings. The van der Waals surface area contributed by atoms with Crippen molar-refractivity contribution in [3.63, 3.8) is 0 Å². The van der Waals surface area contributed by atoms with E-state index in [-0.39, 0.29) is 24.3 Å². The van der Waals surface area contributed by atoms with Gasteiger partial charge in [-0.1, -0.05) is 18.2 Å². The highest BCUT2D eigenvalue weighted by atomic mass is 32.2. The van der Waals surface area contributed by atoms with Crippen LogP contribution in [0.15, 0.2) is 0 Å².